The summed E-state index contributed by atoms with van der Waals surface area (Å²) < 4.78 is 5.32. The van der Waals surface area contributed by atoms with Crippen LogP contribution in [-0.2, 0) is 4.79 Å². The molecule has 0 aliphatic carbocycles. The van der Waals surface area contributed by atoms with Crippen LogP contribution in [0, 0.1) is 5.92 Å². The molecule has 0 saturated carbocycles. The van der Waals surface area contributed by atoms with E-state index in [1.165, 1.54) is 0 Å². The molecule has 18 heavy (non-hydrogen) atoms. The third kappa shape index (κ3) is 6.12. The third-order valence-electron chi connectivity index (χ3n) is 2.42. The summed E-state index contributed by atoms with van der Waals surface area (Å²) >= 11 is 11.4. The average Bonchev–Trinajstić information content (AvgIpc) is 2.34. The number of carbonyl (C=O) groups is 1. The Hall–Kier alpha value is -0.930. The molecule has 0 aliphatic heterocycles. The Morgan fingerprint density at radius 2 is 2.28 bits per heavy atom. The summed E-state index contributed by atoms with van der Waals surface area (Å²) in [5.74, 6) is 1.43. The van der Waals surface area contributed by atoms with Crippen molar-refractivity contribution in [2.75, 3.05) is 19.0 Å². The molecule has 0 aliphatic rings. The second-order valence-electron chi connectivity index (χ2n) is 4.13. The topological polar surface area (TPSA) is 38.3 Å². The minimum Gasteiger partial charge on any atom is -0.484 e. The lowest BCUT2D eigenvalue weighted by Crippen LogP contribution is -2.32. The fourth-order valence-corrected chi connectivity index (χ4v) is 1.89. The number of alkyl halides is 1. The van der Waals surface area contributed by atoms with Gasteiger partial charge in [0.25, 0.3) is 5.91 Å². The van der Waals surface area contributed by atoms with E-state index < -0.39 is 0 Å². The van der Waals surface area contributed by atoms with Crippen LogP contribution in [0.25, 0.3) is 0 Å². The Balaban J connectivity index is 2.25. The third-order valence-corrected chi connectivity index (χ3v) is 2.87. The lowest BCUT2D eigenvalue weighted by atomic mass is 10.1. The number of hydrogen-bond acceptors (Lipinski definition) is 2. The first-order chi connectivity index (χ1) is 8.61. The molecule has 1 aromatic carbocycles. The summed E-state index contributed by atoms with van der Waals surface area (Å²) in [5.41, 5.74) is 0. The van der Waals surface area contributed by atoms with Crippen LogP contribution in [-0.4, -0.2) is 24.9 Å². The van der Waals surface area contributed by atoms with Crippen LogP contribution in [0.2, 0.25) is 5.02 Å². The number of rotatable bonds is 7. The zero-order chi connectivity index (χ0) is 13.4. The van der Waals surface area contributed by atoms with Crippen LogP contribution in [0.5, 0.6) is 5.75 Å². The molecule has 1 aromatic rings. The van der Waals surface area contributed by atoms with Crippen LogP contribution in [0.3, 0.4) is 0 Å². The van der Waals surface area contributed by atoms with Crippen LogP contribution < -0.4 is 10.1 Å². The van der Waals surface area contributed by atoms with Crippen LogP contribution in [0.1, 0.15) is 13.3 Å². The highest BCUT2D eigenvalue weighted by molar-refractivity contribution is 6.30. The quantitative estimate of drug-likeness (QED) is 0.784. The predicted octanol–water partition coefficient (Wildman–Crippen LogP) is 3.10. The lowest BCUT2D eigenvalue weighted by Gasteiger charge is -2.11. The van der Waals surface area contributed by atoms with E-state index in [9.17, 15) is 4.79 Å². The van der Waals surface area contributed by atoms with Crippen molar-refractivity contribution in [2.24, 2.45) is 5.92 Å². The van der Waals surface area contributed by atoms with E-state index in [0.717, 1.165) is 6.42 Å². The molecule has 0 bridgehead atoms. The number of hydrogen-bond donors (Lipinski definition) is 1. The Labute approximate surface area is 117 Å². The molecule has 1 unspecified atom stereocenters. The largest absolute Gasteiger partial charge is 0.484 e. The zero-order valence-electron chi connectivity index (χ0n) is 10.3. The van der Waals surface area contributed by atoms with Gasteiger partial charge in [0.15, 0.2) is 6.61 Å². The molecule has 0 spiro atoms. The summed E-state index contributed by atoms with van der Waals surface area (Å²) in [4.78, 5) is 11.5. The maximum absolute atomic E-state index is 11.5. The Bertz CT molecular complexity index is 385. The first-order valence-corrected chi connectivity index (χ1v) is 6.74. The Kier molecular flexibility index (Phi) is 6.91. The van der Waals surface area contributed by atoms with Gasteiger partial charge in [-0.1, -0.05) is 24.6 Å². The molecule has 0 fully saturated rings. The fourth-order valence-electron chi connectivity index (χ4n) is 1.33. The predicted molar refractivity (Wildman–Crippen MR) is 74.5 cm³/mol. The number of benzene rings is 1. The molecule has 1 rings (SSSR count). The standard InChI is InChI=1S/C13H17Cl2NO2/c1-10(5-6-14)8-16-13(17)9-18-12-4-2-3-11(15)7-12/h2-4,7,10H,5-6,8-9H2,1H3,(H,16,17). The van der Waals surface area contributed by atoms with Gasteiger partial charge in [0.1, 0.15) is 5.75 Å². The first kappa shape index (κ1) is 15.1. The molecule has 1 atom stereocenters. The molecule has 1 amide bonds. The van der Waals surface area contributed by atoms with Gasteiger partial charge in [0.05, 0.1) is 0 Å². The van der Waals surface area contributed by atoms with E-state index in [-0.39, 0.29) is 12.5 Å². The minimum absolute atomic E-state index is 0.00601. The van der Waals surface area contributed by atoms with Gasteiger partial charge in [-0.3, -0.25) is 4.79 Å². The summed E-state index contributed by atoms with van der Waals surface area (Å²) in [6.07, 6.45) is 0.886. The molecule has 0 radical (unpaired) electrons. The van der Waals surface area contributed by atoms with Crippen molar-refractivity contribution in [2.45, 2.75) is 13.3 Å². The highest BCUT2D eigenvalue weighted by Gasteiger charge is 2.06. The molecule has 3 nitrogen and oxygen atoms in total. The second kappa shape index (κ2) is 8.22. The fraction of sp³-hybridized carbons (Fsp3) is 0.462. The van der Waals surface area contributed by atoms with Crippen molar-refractivity contribution < 1.29 is 9.53 Å². The summed E-state index contributed by atoms with van der Waals surface area (Å²) in [5, 5.41) is 3.38. The second-order valence-corrected chi connectivity index (χ2v) is 4.95. The molecule has 5 heteroatoms. The van der Waals surface area contributed by atoms with Crippen molar-refractivity contribution >= 4 is 29.1 Å². The summed E-state index contributed by atoms with van der Waals surface area (Å²) in [6, 6.07) is 6.96. The van der Waals surface area contributed by atoms with Gasteiger partial charge in [0.2, 0.25) is 0 Å². The Morgan fingerprint density at radius 3 is 2.94 bits per heavy atom. The number of halogens is 2. The SMILES string of the molecule is CC(CCCl)CNC(=O)COc1cccc(Cl)c1. The number of carbonyl (C=O) groups excluding carboxylic acids is 1. The van der Waals surface area contributed by atoms with Crippen LogP contribution in [0.4, 0.5) is 0 Å². The van der Waals surface area contributed by atoms with Crippen molar-refractivity contribution in [3.63, 3.8) is 0 Å². The van der Waals surface area contributed by atoms with Crippen LogP contribution >= 0.6 is 23.2 Å². The van der Waals surface area contributed by atoms with E-state index in [4.69, 9.17) is 27.9 Å². The maximum atomic E-state index is 11.5. The average molecular weight is 290 g/mol. The van der Waals surface area contributed by atoms with E-state index in [2.05, 4.69) is 5.32 Å². The van der Waals surface area contributed by atoms with Crippen molar-refractivity contribution in [3.8, 4) is 5.75 Å². The maximum Gasteiger partial charge on any atom is 0.257 e. The minimum atomic E-state index is -0.142. The van der Waals surface area contributed by atoms with E-state index in [1.54, 1.807) is 24.3 Å². The van der Waals surface area contributed by atoms with E-state index >= 15 is 0 Å². The molecule has 0 saturated heterocycles. The van der Waals surface area contributed by atoms with Gasteiger partial charge in [0, 0.05) is 17.4 Å². The molecular formula is C13H17Cl2NO2. The van der Waals surface area contributed by atoms with E-state index in [1.807, 2.05) is 6.92 Å². The number of ether oxygens (including phenoxy) is 1. The molecule has 1 N–H and O–H groups in total. The van der Waals surface area contributed by atoms with Crippen molar-refractivity contribution in [3.05, 3.63) is 29.3 Å². The highest BCUT2D eigenvalue weighted by atomic mass is 35.5. The summed E-state index contributed by atoms with van der Waals surface area (Å²) in [6.45, 7) is 2.65. The smallest absolute Gasteiger partial charge is 0.257 e. The summed E-state index contributed by atoms with van der Waals surface area (Å²) in [7, 11) is 0. The molecule has 0 aromatic heterocycles. The highest BCUT2D eigenvalue weighted by Crippen LogP contribution is 2.16. The van der Waals surface area contributed by atoms with Gasteiger partial charge < -0.3 is 10.1 Å². The Morgan fingerprint density at radius 1 is 1.50 bits per heavy atom. The molecular weight excluding hydrogens is 273 g/mol. The van der Waals surface area contributed by atoms with Gasteiger partial charge in [-0.2, -0.15) is 0 Å². The number of amides is 1. The van der Waals surface area contributed by atoms with E-state index in [0.29, 0.717) is 29.1 Å². The lowest BCUT2D eigenvalue weighted by molar-refractivity contribution is -0.123. The number of nitrogens with one attached hydrogen (secondary N) is 1. The van der Waals surface area contributed by atoms with Crippen molar-refractivity contribution in [1.82, 2.24) is 5.32 Å². The molecule has 100 valence electrons. The van der Waals surface area contributed by atoms with Gasteiger partial charge in [-0.05, 0) is 30.5 Å². The monoisotopic (exact) mass is 289 g/mol. The van der Waals surface area contributed by atoms with Crippen LogP contribution in [0.15, 0.2) is 24.3 Å². The molecule has 0 heterocycles. The van der Waals surface area contributed by atoms with Crippen molar-refractivity contribution in [1.29, 1.82) is 0 Å². The van der Waals surface area contributed by atoms with Gasteiger partial charge in [-0.25, -0.2) is 0 Å². The zero-order valence-corrected chi connectivity index (χ0v) is 11.8. The van der Waals surface area contributed by atoms with Gasteiger partial charge in [-0.15, -0.1) is 11.6 Å². The normalized spacial score (nSPS) is 11.9. The van der Waals surface area contributed by atoms with Gasteiger partial charge >= 0.3 is 0 Å². The first-order valence-electron chi connectivity index (χ1n) is 5.83.